The number of carbonyl (C=O) groups excluding carboxylic acids is 1. The highest BCUT2D eigenvalue weighted by Crippen LogP contribution is 2.22. The van der Waals surface area contributed by atoms with E-state index in [9.17, 15) is 4.79 Å². The number of hydrogen-bond donors (Lipinski definition) is 2. The predicted molar refractivity (Wildman–Crippen MR) is 90.4 cm³/mol. The highest BCUT2D eigenvalue weighted by molar-refractivity contribution is 5.88. The van der Waals surface area contributed by atoms with Gasteiger partial charge in [0, 0.05) is 24.3 Å². The second kappa shape index (κ2) is 7.50. The summed E-state index contributed by atoms with van der Waals surface area (Å²) in [5.41, 5.74) is 3.00. The normalized spacial score (nSPS) is 11.6. The lowest BCUT2D eigenvalue weighted by Crippen LogP contribution is -2.08. The first-order valence-corrected chi connectivity index (χ1v) is 7.45. The van der Waals surface area contributed by atoms with Crippen LogP contribution in [-0.2, 0) is 4.79 Å². The van der Waals surface area contributed by atoms with Gasteiger partial charge in [-0.1, -0.05) is 12.1 Å². The van der Waals surface area contributed by atoms with Crippen molar-refractivity contribution in [1.82, 2.24) is 0 Å². The first-order chi connectivity index (χ1) is 10.6. The van der Waals surface area contributed by atoms with Crippen molar-refractivity contribution in [2.45, 2.75) is 26.8 Å². The van der Waals surface area contributed by atoms with Crippen molar-refractivity contribution in [2.24, 2.45) is 0 Å². The number of nitrogens with one attached hydrogen (secondary N) is 2. The van der Waals surface area contributed by atoms with E-state index in [1.165, 1.54) is 12.5 Å². The number of carbonyl (C=O) groups is 1. The predicted octanol–water partition coefficient (Wildman–Crippen LogP) is 4.22. The molecule has 4 heteroatoms. The summed E-state index contributed by atoms with van der Waals surface area (Å²) >= 11 is 0. The highest BCUT2D eigenvalue weighted by atomic mass is 16.5. The minimum Gasteiger partial charge on any atom is -0.494 e. The van der Waals surface area contributed by atoms with Gasteiger partial charge in [0.05, 0.1) is 6.61 Å². The molecular weight excluding hydrogens is 276 g/mol. The van der Waals surface area contributed by atoms with Gasteiger partial charge < -0.3 is 15.4 Å². The molecule has 0 heterocycles. The van der Waals surface area contributed by atoms with Gasteiger partial charge in [0.25, 0.3) is 0 Å². The molecule has 0 spiro atoms. The van der Waals surface area contributed by atoms with Crippen molar-refractivity contribution >= 4 is 17.3 Å². The quantitative estimate of drug-likeness (QED) is 0.839. The molecule has 22 heavy (non-hydrogen) atoms. The Labute approximate surface area is 131 Å². The third-order valence-corrected chi connectivity index (χ3v) is 3.28. The van der Waals surface area contributed by atoms with E-state index in [-0.39, 0.29) is 11.9 Å². The number of ether oxygens (including phenoxy) is 1. The molecule has 1 atom stereocenters. The van der Waals surface area contributed by atoms with Crippen LogP contribution < -0.4 is 15.4 Å². The van der Waals surface area contributed by atoms with E-state index in [1.54, 1.807) is 0 Å². The molecule has 0 aliphatic rings. The topological polar surface area (TPSA) is 50.4 Å². The molecule has 0 aliphatic carbocycles. The lowest BCUT2D eigenvalue weighted by molar-refractivity contribution is -0.114. The van der Waals surface area contributed by atoms with E-state index in [1.807, 2.05) is 43.3 Å². The van der Waals surface area contributed by atoms with Gasteiger partial charge in [0.2, 0.25) is 5.91 Å². The van der Waals surface area contributed by atoms with Gasteiger partial charge >= 0.3 is 0 Å². The van der Waals surface area contributed by atoms with E-state index in [2.05, 4.69) is 29.7 Å². The maximum Gasteiger partial charge on any atom is 0.221 e. The molecule has 4 nitrogen and oxygen atoms in total. The summed E-state index contributed by atoms with van der Waals surface area (Å²) in [6.07, 6.45) is 0. The molecule has 1 unspecified atom stereocenters. The van der Waals surface area contributed by atoms with E-state index < -0.39 is 0 Å². The molecule has 1 amide bonds. The third kappa shape index (κ3) is 4.52. The van der Waals surface area contributed by atoms with Gasteiger partial charge in [0.15, 0.2) is 0 Å². The Morgan fingerprint density at radius 2 is 1.64 bits per heavy atom. The van der Waals surface area contributed by atoms with Gasteiger partial charge in [-0.25, -0.2) is 0 Å². The molecule has 2 aromatic rings. The van der Waals surface area contributed by atoms with Crippen LogP contribution in [0.2, 0.25) is 0 Å². The summed E-state index contributed by atoms with van der Waals surface area (Å²) < 4.78 is 5.45. The summed E-state index contributed by atoms with van der Waals surface area (Å²) in [6.45, 7) is 6.26. The van der Waals surface area contributed by atoms with Crippen molar-refractivity contribution in [1.29, 1.82) is 0 Å². The molecule has 0 fully saturated rings. The molecular formula is C18H22N2O2. The standard InChI is InChI=1S/C18H22N2O2/c1-4-22-18-11-5-15(6-12-18)13(2)19-16-7-9-17(10-8-16)20-14(3)21/h5-13,19H,4H2,1-3H3,(H,20,21). The fraction of sp³-hybridized carbons (Fsp3) is 0.278. The molecule has 0 radical (unpaired) electrons. The molecule has 2 N–H and O–H groups in total. The zero-order valence-electron chi connectivity index (χ0n) is 13.2. The van der Waals surface area contributed by atoms with Crippen LogP contribution in [0.15, 0.2) is 48.5 Å². The first-order valence-electron chi connectivity index (χ1n) is 7.45. The monoisotopic (exact) mass is 298 g/mol. The maximum absolute atomic E-state index is 11.0. The van der Waals surface area contributed by atoms with E-state index in [4.69, 9.17) is 4.74 Å². The van der Waals surface area contributed by atoms with Crippen molar-refractivity contribution in [3.05, 3.63) is 54.1 Å². The summed E-state index contributed by atoms with van der Waals surface area (Å²) in [6, 6.07) is 16.0. The Bertz CT molecular complexity index is 606. The average molecular weight is 298 g/mol. The second-order valence-electron chi connectivity index (χ2n) is 5.13. The molecule has 116 valence electrons. The Morgan fingerprint density at radius 3 is 2.18 bits per heavy atom. The number of rotatable bonds is 6. The molecule has 2 aromatic carbocycles. The Hall–Kier alpha value is -2.49. The number of anilines is 2. The number of amides is 1. The van der Waals surface area contributed by atoms with Gasteiger partial charge in [-0.05, 0) is 55.8 Å². The molecule has 0 aromatic heterocycles. The Kier molecular flexibility index (Phi) is 5.42. The third-order valence-electron chi connectivity index (χ3n) is 3.28. The minimum absolute atomic E-state index is 0.0662. The molecule has 0 aliphatic heterocycles. The van der Waals surface area contributed by atoms with Crippen molar-refractivity contribution < 1.29 is 9.53 Å². The summed E-state index contributed by atoms with van der Waals surface area (Å²) in [5.74, 6) is 0.821. The largest absolute Gasteiger partial charge is 0.494 e. The molecule has 2 rings (SSSR count). The number of benzene rings is 2. The van der Waals surface area contributed by atoms with Crippen LogP contribution in [0.4, 0.5) is 11.4 Å². The van der Waals surface area contributed by atoms with E-state index >= 15 is 0 Å². The van der Waals surface area contributed by atoms with Gasteiger partial charge in [-0.2, -0.15) is 0 Å². The smallest absolute Gasteiger partial charge is 0.221 e. The second-order valence-corrected chi connectivity index (χ2v) is 5.13. The minimum atomic E-state index is -0.0662. The Balaban J connectivity index is 1.98. The van der Waals surface area contributed by atoms with Gasteiger partial charge in [-0.3, -0.25) is 4.79 Å². The molecule has 0 bridgehead atoms. The van der Waals surface area contributed by atoms with E-state index in [0.29, 0.717) is 6.61 Å². The first kappa shape index (κ1) is 15.9. The highest BCUT2D eigenvalue weighted by Gasteiger charge is 2.06. The van der Waals surface area contributed by atoms with Gasteiger partial charge in [0.1, 0.15) is 5.75 Å². The van der Waals surface area contributed by atoms with Crippen molar-refractivity contribution in [3.8, 4) is 5.75 Å². The summed E-state index contributed by atoms with van der Waals surface area (Å²) in [5, 5.41) is 6.19. The van der Waals surface area contributed by atoms with Crippen LogP contribution in [0.5, 0.6) is 5.75 Å². The lowest BCUT2D eigenvalue weighted by atomic mass is 10.1. The van der Waals surface area contributed by atoms with Crippen molar-refractivity contribution in [3.63, 3.8) is 0 Å². The molecule has 0 saturated heterocycles. The Morgan fingerprint density at radius 1 is 1.05 bits per heavy atom. The maximum atomic E-state index is 11.0. The lowest BCUT2D eigenvalue weighted by Gasteiger charge is -2.16. The van der Waals surface area contributed by atoms with Crippen LogP contribution in [0, 0.1) is 0 Å². The van der Waals surface area contributed by atoms with Crippen LogP contribution >= 0.6 is 0 Å². The number of hydrogen-bond acceptors (Lipinski definition) is 3. The molecule has 0 saturated carbocycles. The zero-order valence-corrected chi connectivity index (χ0v) is 13.2. The van der Waals surface area contributed by atoms with Crippen LogP contribution in [-0.4, -0.2) is 12.5 Å². The fourth-order valence-corrected chi connectivity index (χ4v) is 2.21. The summed E-state index contributed by atoms with van der Waals surface area (Å²) in [4.78, 5) is 11.0. The van der Waals surface area contributed by atoms with Crippen LogP contribution in [0.1, 0.15) is 32.4 Å². The summed E-state index contributed by atoms with van der Waals surface area (Å²) in [7, 11) is 0. The average Bonchev–Trinajstić information content (AvgIpc) is 2.50. The van der Waals surface area contributed by atoms with Crippen LogP contribution in [0.25, 0.3) is 0 Å². The van der Waals surface area contributed by atoms with E-state index in [0.717, 1.165) is 17.1 Å². The SMILES string of the molecule is CCOc1ccc(C(C)Nc2ccc(NC(C)=O)cc2)cc1. The van der Waals surface area contributed by atoms with Crippen LogP contribution in [0.3, 0.4) is 0 Å². The van der Waals surface area contributed by atoms with Gasteiger partial charge in [-0.15, -0.1) is 0 Å². The zero-order chi connectivity index (χ0) is 15.9. The fourth-order valence-electron chi connectivity index (χ4n) is 2.21. The van der Waals surface area contributed by atoms with Crippen molar-refractivity contribution in [2.75, 3.05) is 17.2 Å².